The van der Waals surface area contributed by atoms with Crippen molar-refractivity contribution in [3.05, 3.63) is 0 Å². The van der Waals surface area contributed by atoms with Gasteiger partial charge in [-0.05, 0) is 111 Å². The summed E-state index contributed by atoms with van der Waals surface area (Å²) in [6.07, 6.45) is 12.2. The fourth-order valence-electron chi connectivity index (χ4n) is 9.03. The number of hydrogen-bond donors (Lipinski definition) is 2. The Bertz CT molecular complexity index is 701. The molecule has 0 aromatic rings. The Balaban J connectivity index is 0.00000289. The second-order valence-electron chi connectivity index (χ2n) is 12.0. The predicted octanol–water partition coefficient (Wildman–Crippen LogP) is 0.293. The Morgan fingerprint density at radius 1 is 1.03 bits per heavy atom. The van der Waals surface area contributed by atoms with Crippen molar-refractivity contribution in [2.75, 3.05) is 6.54 Å². The average Bonchev–Trinajstić information content (AvgIpc) is 3.08. The van der Waals surface area contributed by atoms with Crippen molar-refractivity contribution in [2.24, 2.45) is 46.3 Å². The zero-order chi connectivity index (χ0) is 22.4. The largest absolute Gasteiger partial charge is 1.00 e. The number of rotatable bonds is 6. The third kappa shape index (κ3) is 4.83. The molecule has 32 heavy (non-hydrogen) atoms. The molecule has 0 unspecified atom stereocenters. The molecule has 176 valence electrons. The maximum Gasteiger partial charge on any atom is 1.00 e. The number of hydrogen-bond acceptors (Lipinski definition) is 4. The van der Waals surface area contributed by atoms with Crippen molar-refractivity contribution in [1.29, 1.82) is 0 Å². The van der Waals surface area contributed by atoms with E-state index in [2.05, 4.69) is 26.1 Å². The first-order chi connectivity index (χ1) is 14.6. The second-order valence-corrected chi connectivity index (χ2v) is 12.0. The Morgan fingerprint density at radius 2 is 1.72 bits per heavy atom. The van der Waals surface area contributed by atoms with Gasteiger partial charge < -0.3 is 20.3 Å². The topological polar surface area (TPSA) is 89.5 Å². The second kappa shape index (κ2) is 10.3. The molecule has 0 aromatic heterocycles. The van der Waals surface area contributed by atoms with Crippen LogP contribution in [0.1, 0.15) is 91.4 Å². The zero-order valence-electron chi connectivity index (χ0n) is 20.7. The van der Waals surface area contributed by atoms with Crippen molar-refractivity contribution < 1.29 is 49.4 Å². The molecule has 0 saturated heterocycles. The van der Waals surface area contributed by atoms with E-state index in [0.717, 1.165) is 37.0 Å². The van der Waals surface area contributed by atoms with Crippen molar-refractivity contribution in [1.82, 2.24) is 5.32 Å². The van der Waals surface area contributed by atoms with E-state index >= 15 is 0 Å². The summed E-state index contributed by atoms with van der Waals surface area (Å²) >= 11 is 0. The monoisotopic (exact) mass is 455 g/mol. The molecule has 0 aliphatic heterocycles. The van der Waals surface area contributed by atoms with E-state index in [0.29, 0.717) is 35.0 Å². The molecule has 2 N–H and O–H groups in total. The minimum Gasteiger partial charge on any atom is -0.548 e. The maximum atomic E-state index is 12.0. The molecule has 0 spiro atoms. The van der Waals surface area contributed by atoms with Gasteiger partial charge in [0.1, 0.15) is 0 Å². The van der Waals surface area contributed by atoms with Crippen LogP contribution in [0.5, 0.6) is 0 Å². The van der Waals surface area contributed by atoms with Crippen LogP contribution in [-0.2, 0) is 9.59 Å². The van der Waals surface area contributed by atoms with Crippen LogP contribution >= 0.6 is 0 Å². The van der Waals surface area contributed by atoms with Crippen LogP contribution in [0.15, 0.2) is 0 Å². The standard InChI is InChI=1S/C26H43NO4.Na/c1-16(4-9-23(29)27-15-24(30)31)20-7-8-21-19-6-5-17-14-18(28)10-12-25(17,2)22(19)11-13-26(20,21)3;/h16-22,28H,4-15H2,1-3H3,(H,27,29)(H,30,31);/q;+1/p-1/t16-,17-,18-,19+,20-,21+,22+,25+,26-;/m0./s1. The Kier molecular flexibility index (Phi) is 8.49. The van der Waals surface area contributed by atoms with E-state index in [1.165, 1.54) is 44.9 Å². The number of fused-ring (bicyclic) bond motifs is 5. The molecule has 9 atom stereocenters. The quantitative estimate of drug-likeness (QED) is 0.564. The van der Waals surface area contributed by atoms with Gasteiger partial charge in [-0.3, -0.25) is 4.79 Å². The molecule has 4 aliphatic rings. The first-order valence-electron chi connectivity index (χ1n) is 12.8. The van der Waals surface area contributed by atoms with Crippen molar-refractivity contribution >= 4 is 11.9 Å². The number of nitrogens with one attached hydrogen (secondary N) is 1. The van der Waals surface area contributed by atoms with Gasteiger partial charge in [-0.25, -0.2) is 0 Å². The van der Waals surface area contributed by atoms with Gasteiger partial charge in [-0.1, -0.05) is 20.8 Å². The van der Waals surface area contributed by atoms with E-state index in [1.54, 1.807) is 0 Å². The smallest absolute Gasteiger partial charge is 0.548 e. The molecule has 0 radical (unpaired) electrons. The fraction of sp³-hybridized carbons (Fsp3) is 0.923. The molecular weight excluding hydrogens is 413 g/mol. The molecule has 0 heterocycles. The van der Waals surface area contributed by atoms with Crippen molar-refractivity contribution in [2.45, 2.75) is 97.5 Å². The Morgan fingerprint density at radius 3 is 2.44 bits per heavy atom. The molecule has 4 fully saturated rings. The van der Waals surface area contributed by atoms with Gasteiger partial charge in [0, 0.05) is 6.42 Å². The minimum absolute atomic E-state index is 0. The van der Waals surface area contributed by atoms with Gasteiger partial charge in [0.15, 0.2) is 0 Å². The van der Waals surface area contributed by atoms with Crippen LogP contribution < -0.4 is 40.0 Å². The van der Waals surface area contributed by atoms with Crippen LogP contribution in [0.2, 0.25) is 0 Å². The van der Waals surface area contributed by atoms with E-state index < -0.39 is 12.5 Å². The molecule has 1 amide bonds. The van der Waals surface area contributed by atoms with Crippen LogP contribution in [-0.4, -0.2) is 29.6 Å². The maximum absolute atomic E-state index is 12.0. The molecule has 4 aliphatic carbocycles. The number of carbonyl (C=O) groups excluding carboxylic acids is 2. The number of carboxylic acids is 1. The molecule has 6 heteroatoms. The molecule has 4 rings (SSSR count). The molecule has 0 aromatic carbocycles. The number of aliphatic hydroxyl groups excluding tert-OH is 1. The molecule has 5 nitrogen and oxygen atoms in total. The third-order valence-electron chi connectivity index (χ3n) is 10.7. The van der Waals surface area contributed by atoms with Crippen LogP contribution in [0.25, 0.3) is 0 Å². The van der Waals surface area contributed by atoms with E-state index in [-0.39, 0.29) is 41.6 Å². The summed E-state index contributed by atoms with van der Waals surface area (Å²) in [5, 5.41) is 23.2. The summed E-state index contributed by atoms with van der Waals surface area (Å²) in [6.45, 7) is 6.99. The molecule has 0 bridgehead atoms. The molecular formula is C26H42NNaO4. The normalized spacial score (nSPS) is 43.8. The molecule has 4 saturated carbocycles. The number of amides is 1. The summed E-state index contributed by atoms with van der Waals surface area (Å²) in [7, 11) is 0. The summed E-state index contributed by atoms with van der Waals surface area (Å²) < 4.78 is 0. The van der Waals surface area contributed by atoms with Gasteiger partial charge in [0.05, 0.1) is 18.6 Å². The minimum atomic E-state index is -1.24. The third-order valence-corrected chi connectivity index (χ3v) is 10.7. The van der Waals surface area contributed by atoms with E-state index in [9.17, 15) is 19.8 Å². The van der Waals surface area contributed by atoms with Crippen LogP contribution in [0, 0.1) is 46.3 Å². The van der Waals surface area contributed by atoms with E-state index in [4.69, 9.17) is 0 Å². The van der Waals surface area contributed by atoms with Gasteiger partial charge in [-0.15, -0.1) is 0 Å². The fourth-order valence-corrected chi connectivity index (χ4v) is 9.03. The number of carboxylic acid groups (broad SMARTS) is 1. The summed E-state index contributed by atoms with van der Waals surface area (Å²) in [5.74, 6) is 2.89. The predicted molar refractivity (Wildman–Crippen MR) is 118 cm³/mol. The summed E-state index contributed by atoms with van der Waals surface area (Å²) in [6, 6.07) is 0. The average molecular weight is 456 g/mol. The summed E-state index contributed by atoms with van der Waals surface area (Å²) in [5.41, 5.74) is 0.795. The van der Waals surface area contributed by atoms with Crippen molar-refractivity contribution in [3.8, 4) is 0 Å². The van der Waals surface area contributed by atoms with Gasteiger partial charge in [0.2, 0.25) is 5.91 Å². The van der Waals surface area contributed by atoms with Gasteiger partial charge in [-0.2, -0.15) is 0 Å². The van der Waals surface area contributed by atoms with Crippen LogP contribution in [0.4, 0.5) is 0 Å². The van der Waals surface area contributed by atoms with Crippen LogP contribution in [0.3, 0.4) is 0 Å². The van der Waals surface area contributed by atoms with E-state index in [1.807, 2.05) is 0 Å². The summed E-state index contributed by atoms with van der Waals surface area (Å²) in [4.78, 5) is 22.5. The van der Waals surface area contributed by atoms with Crippen molar-refractivity contribution in [3.63, 3.8) is 0 Å². The first-order valence-corrected chi connectivity index (χ1v) is 12.8. The Labute approximate surface area is 216 Å². The first kappa shape index (κ1) is 26.5. The van der Waals surface area contributed by atoms with Gasteiger partial charge >= 0.3 is 29.6 Å². The number of carbonyl (C=O) groups is 2. The van der Waals surface area contributed by atoms with Gasteiger partial charge in [0.25, 0.3) is 0 Å². The Hall–Kier alpha value is -0.100. The number of aliphatic carboxylic acids is 1. The number of aliphatic hydroxyl groups is 1. The SMILES string of the molecule is C[C@@H](CCC(=O)NCC(=O)[O-])[C@@H]1CC[C@@H]2[C@H]3CC[C@H]4C[C@@H](O)CC[C@@]4(C)[C@@H]3CC[C@]21C.[Na+]. The zero-order valence-corrected chi connectivity index (χ0v) is 22.7.